The van der Waals surface area contributed by atoms with E-state index in [0.29, 0.717) is 11.4 Å². The van der Waals surface area contributed by atoms with Gasteiger partial charge < -0.3 is 9.84 Å². The lowest BCUT2D eigenvalue weighted by Crippen LogP contribution is -2.09. The third kappa shape index (κ3) is 2.07. The molecule has 0 bridgehead atoms. The van der Waals surface area contributed by atoms with Gasteiger partial charge in [-0.25, -0.2) is 4.39 Å². The highest BCUT2D eigenvalue weighted by atomic mass is 35.5. The van der Waals surface area contributed by atoms with E-state index in [1.54, 1.807) is 13.1 Å². The molecule has 18 heavy (non-hydrogen) atoms. The van der Waals surface area contributed by atoms with Crippen LogP contribution in [0, 0.1) is 5.82 Å². The summed E-state index contributed by atoms with van der Waals surface area (Å²) in [6.07, 6.45) is 0.377. The molecule has 0 saturated carbocycles. The van der Waals surface area contributed by atoms with Gasteiger partial charge in [0.15, 0.2) is 5.75 Å². The molecular formula is C12H12ClFN2O2. The fraction of sp³-hybridized carbons (Fsp3) is 0.250. The minimum atomic E-state index is -1.10. The second-order valence-corrected chi connectivity index (χ2v) is 4.15. The van der Waals surface area contributed by atoms with Crippen molar-refractivity contribution in [1.29, 1.82) is 0 Å². The Labute approximate surface area is 109 Å². The maximum absolute atomic E-state index is 13.4. The Bertz CT molecular complexity index is 571. The first-order chi connectivity index (χ1) is 8.56. The highest BCUT2D eigenvalue weighted by Crippen LogP contribution is 2.33. The van der Waals surface area contributed by atoms with Crippen LogP contribution in [0.3, 0.4) is 0 Å². The Kier molecular flexibility index (Phi) is 3.54. The molecule has 2 aromatic rings. The van der Waals surface area contributed by atoms with Crippen LogP contribution in [0.1, 0.15) is 17.4 Å². The second kappa shape index (κ2) is 4.96. The zero-order valence-electron chi connectivity index (χ0n) is 9.89. The minimum Gasteiger partial charge on any atom is -0.493 e. The van der Waals surface area contributed by atoms with Gasteiger partial charge in [0, 0.05) is 12.6 Å². The maximum atomic E-state index is 13.4. The predicted octanol–water partition coefficient (Wildman–Crippen LogP) is 2.30. The first kappa shape index (κ1) is 12.9. The topological polar surface area (TPSA) is 47.3 Å². The molecule has 96 valence electrons. The molecule has 0 radical (unpaired) electrons. The van der Waals surface area contributed by atoms with Crippen molar-refractivity contribution in [2.45, 2.75) is 6.10 Å². The van der Waals surface area contributed by atoms with E-state index in [1.807, 2.05) is 0 Å². The summed E-state index contributed by atoms with van der Waals surface area (Å²) in [5, 5.41) is 14.2. The van der Waals surface area contributed by atoms with E-state index >= 15 is 0 Å². The lowest BCUT2D eigenvalue weighted by Gasteiger charge is -2.14. The predicted molar refractivity (Wildman–Crippen MR) is 65.2 cm³/mol. The van der Waals surface area contributed by atoms with Gasteiger partial charge in [-0.2, -0.15) is 5.10 Å². The largest absolute Gasteiger partial charge is 0.493 e. The van der Waals surface area contributed by atoms with E-state index in [1.165, 1.54) is 30.1 Å². The van der Waals surface area contributed by atoms with Crippen LogP contribution >= 0.6 is 11.6 Å². The summed E-state index contributed by atoms with van der Waals surface area (Å²) in [4.78, 5) is 0. The molecule has 2 rings (SSSR count). The number of aromatic nitrogens is 2. The van der Waals surface area contributed by atoms with Crippen LogP contribution in [-0.4, -0.2) is 22.0 Å². The summed E-state index contributed by atoms with van der Waals surface area (Å²) < 4.78 is 19.9. The average Bonchev–Trinajstić information content (AvgIpc) is 2.73. The van der Waals surface area contributed by atoms with Crippen LogP contribution in [0.2, 0.25) is 5.02 Å². The number of nitrogens with zero attached hydrogens (tertiary/aromatic N) is 2. The van der Waals surface area contributed by atoms with Crippen LogP contribution in [0.4, 0.5) is 4.39 Å². The molecule has 1 aromatic heterocycles. The molecule has 0 amide bonds. The van der Waals surface area contributed by atoms with Crippen LogP contribution < -0.4 is 4.74 Å². The van der Waals surface area contributed by atoms with Crippen LogP contribution in [-0.2, 0) is 7.05 Å². The van der Waals surface area contributed by atoms with E-state index in [2.05, 4.69) is 5.10 Å². The minimum absolute atomic E-state index is 0.103. The van der Waals surface area contributed by atoms with Gasteiger partial charge in [0.25, 0.3) is 0 Å². The average molecular weight is 271 g/mol. The Hall–Kier alpha value is -1.59. The first-order valence-corrected chi connectivity index (χ1v) is 5.62. The van der Waals surface area contributed by atoms with Gasteiger partial charge in [0.05, 0.1) is 18.3 Å². The molecule has 0 spiro atoms. The smallest absolute Gasteiger partial charge is 0.162 e. The zero-order chi connectivity index (χ0) is 13.3. The van der Waals surface area contributed by atoms with Crippen molar-refractivity contribution in [3.63, 3.8) is 0 Å². The van der Waals surface area contributed by atoms with Gasteiger partial charge in [-0.3, -0.25) is 4.68 Å². The fourth-order valence-electron chi connectivity index (χ4n) is 1.77. The van der Waals surface area contributed by atoms with Gasteiger partial charge in [-0.1, -0.05) is 23.7 Å². The summed E-state index contributed by atoms with van der Waals surface area (Å²) in [6.45, 7) is 0. The van der Waals surface area contributed by atoms with Gasteiger partial charge in [-0.05, 0) is 6.07 Å². The van der Waals surface area contributed by atoms with E-state index in [9.17, 15) is 9.50 Å². The first-order valence-electron chi connectivity index (χ1n) is 5.24. The molecule has 0 aliphatic rings. The van der Waals surface area contributed by atoms with E-state index in [-0.39, 0.29) is 10.6 Å². The van der Waals surface area contributed by atoms with Crippen molar-refractivity contribution < 1.29 is 14.2 Å². The number of methoxy groups -OCH3 is 1. The summed E-state index contributed by atoms with van der Waals surface area (Å²) in [5.74, 6) is -0.153. The third-order valence-corrected chi connectivity index (χ3v) is 3.10. The van der Waals surface area contributed by atoms with Crippen LogP contribution in [0.5, 0.6) is 5.75 Å². The Morgan fingerprint density at radius 3 is 2.89 bits per heavy atom. The molecule has 1 atom stereocenters. The molecule has 1 N–H and O–H groups in total. The Balaban J connectivity index is 2.51. The van der Waals surface area contributed by atoms with Gasteiger partial charge in [0.1, 0.15) is 17.6 Å². The molecule has 0 saturated heterocycles. The van der Waals surface area contributed by atoms with E-state index in [0.717, 1.165) is 0 Å². The highest BCUT2D eigenvalue weighted by Gasteiger charge is 2.23. The summed E-state index contributed by atoms with van der Waals surface area (Å²) in [6, 6.07) is 4.28. The SMILES string of the molecule is COc1cnn(C)c1C(O)c1cccc(F)c1Cl. The third-order valence-electron chi connectivity index (χ3n) is 2.70. The van der Waals surface area contributed by atoms with Crippen molar-refractivity contribution in [1.82, 2.24) is 9.78 Å². The molecule has 0 aliphatic carbocycles. The summed E-state index contributed by atoms with van der Waals surface area (Å²) in [5.41, 5.74) is 0.698. The maximum Gasteiger partial charge on any atom is 0.162 e. The standard InChI is InChI=1S/C12H12ClFN2O2/c1-16-11(9(18-2)6-15-16)12(17)7-4-3-5-8(14)10(7)13/h3-6,12,17H,1-2H3. The quantitative estimate of drug-likeness (QED) is 0.931. The van der Waals surface area contributed by atoms with Gasteiger partial charge in [-0.15, -0.1) is 0 Å². The second-order valence-electron chi connectivity index (χ2n) is 3.77. The van der Waals surface area contributed by atoms with Crippen LogP contribution in [0.25, 0.3) is 0 Å². The molecule has 6 heteroatoms. The monoisotopic (exact) mass is 270 g/mol. The molecule has 4 nitrogen and oxygen atoms in total. The molecule has 1 heterocycles. The van der Waals surface area contributed by atoms with Gasteiger partial charge in [0.2, 0.25) is 0 Å². The lowest BCUT2D eigenvalue weighted by molar-refractivity contribution is 0.204. The van der Waals surface area contributed by atoms with Gasteiger partial charge >= 0.3 is 0 Å². The molecule has 0 aliphatic heterocycles. The number of hydrogen-bond donors (Lipinski definition) is 1. The number of aliphatic hydroxyl groups is 1. The number of aliphatic hydroxyl groups excluding tert-OH is 1. The Morgan fingerprint density at radius 1 is 1.50 bits per heavy atom. The number of rotatable bonds is 3. The number of aryl methyl sites for hydroxylation is 1. The van der Waals surface area contributed by atoms with Crippen LogP contribution in [0.15, 0.2) is 24.4 Å². The van der Waals surface area contributed by atoms with Crippen molar-refractivity contribution in [3.8, 4) is 5.75 Å². The normalized spacial score (nSPS) is 12.5. The molecular weight excluding hydrogens is 259 g/mol. The number of halogens is 2. The van der Waals surface area contributed by atoms with Crippen molar-refractivity contribution in [2.75, 3.05) is 7.11 Å². The highest BCUT2D eigenvalue weighted by molar-refractivity contribution is 6.31. The van der Waals surface area contributed by atoms with Crippen molar-refractivity contribution >= 4 is 11.6 Å². The van der Waals surface area contributed by atoms with Crippen molar-refractivity contribution in [2.24, 2.45) is 7.05 Å². The number of benzene rings is 1. The fourth-order valence-corrected chi connectivity index (χ4v) is 2.00. The molecule has 1 aromatic carbocycles. The van der Waals surface area contributed by atoms with E-state index < -0.39 is 11.9 Å². The summed E-state index contributed by atoms with van der Waals surface area (Å²) >= 11 is 5.85. The van der Waals surface area contributed by atoms with E-state index in [4.69, 9.17) is 16.3 Å². The van der Waals surface area contributed by atoms with Crippen molar-refractivity contribution in [3.05, 3.63) is 46.5 Å². The molecule has 0 fully saturated rings. The summed E-state index contributed by atoms with van der Waals surface area (Å²) in [7, 11) is 3.13. The molecule has 1 unspecified atom stereocenters. The number of ether oxygens (including phenoxy) is 1. The number of hydrogen-bond acceptors (Lipinski definition) is 3. The Morgan fingerprint density at radius 2 is 2.22 bits per heavy atom. The lowest BCUT2D eigenvalue weighted by atomic mass is 10.1. The zero-order valence-corrected chi connectivity index (χ0v) is 10.6.